The van der Waals surface area contributed by atoms with E-state index < -0.39 is 4.92 Å². The summed E-state index contributed by atoms with van der Waals surface area (Å²) in [5, 5.41) is 13.7. The summed E-state index contributed by atoms with van der Waals surface area (Å²) in [6.45, 7) is 2.36. The molecular formula is C13H16N4O3. The Labute approximate surface area is 116 Å². The zero-order valence-corrected chi connectivity index (χ0v) is 11.6. The van der Waals surface area contributed by atoms with Crippen LogP contribution in [0.4, 0.5) is 17.3 Å². The Kier molecular flexibility index (Phi) is 3.88. The molecule has 7 nitrogen and oxygen atoms in total. The fraction of sp³-hybridized carbons (Fsp3) is 0.308. The smallest absolute Gasteiger partial charge is 0.276 e. The van der Waals surface area contributed by atoms with Crippen molar-refractivity contribution >= 4 is 17.3 Å². The number of aromatic nitrogens is 1. The second kappa shape index (κ2) is 5.60. The summed E-state index contributed by atoms with van der Waals surface area (Å²) in [5.74, 6) is 2.58. The quantitative estimate of drug-likeness (QED) is 0.667. The molecule has 0 fully saturated rings. The first kappa shape index (κ1) is 13.9. The molecule has 7 heteroatoms. The lowest BCUT2D eigenvalue weighted by Crippen LogP contribution is -2.18. The molecule has 0 spiro atoms. The highest BCUT2D eigenvalue weighted by Crippen LogP contribution is 2.23. The molecule has 0 aliphatic heterocycles. The van der Waals surface area contributed by atoms with Gasteiger partial charge in [0.25, 0.3) is 5.69 Å². The number of aryl methyl sites for hydroxylation is 1. The molecule has 0 saturated heterocycles. The van der Waals surface area contributed by atoms with Crippen LogP contribution in [0.3, 0.4) is 0 Å². The summed E-state index contributed by atoms with van der Waals surface area (Å²) in [7, 11) is 3.48. The van der Waals surface area contributed by atoms with Crippen LogP contribution in [0, 0.1) is 17.0 Å². The SMILES string of the molecule is CNc1cc([N+](=O)[O-])cc(N(C)Cc2ccc(C)o2)n1. The van der Waals surface area contributed by atoms with Gasteiger partial charge >= 0.3 is 0 Å². The third-order valence-electron chi connectivity index (χ3n) is 2.84. The van der Waals surface area contributed by atoms with Crippen LogP contribution in [0.25, 0.3) is 0 Å². The fourth-order valence-electron chi connectivity index (χ4n) is 1.82. The number of pyridine rings is 1. The molecule has 0 bridgehead atoms. The standard InChI is InChI=1S/C13H16N4O3/c1-9-4-5-11(20-9)8-16(3)13-7-10(17(18)19)6-12(14-2)15-13/h4-7H,8H2,1-3H3,(H,14,15). The van der Waals surface area contributed by atoms with Crippen molar-refractivity contribution in [2.24, 2.45) is 0 Å². The molecule has 2 aromatic rings. The lowest BCUT2D eigenvalue weighted by atomic mass is 10.3. The number of furan rings is 1. The second-order valence-electron chi connectivity index (χ2n) is 4.44. The highest BCUT2D eigenvalue weighted by molar-refractivity contribution is 5.55. The molecule has 2 rings (SSSR count). The summed E-state index contributed by atoms with van der Waals surface area (Å²) >= 11 is 0. The van der Waals surface area contributed by atoms with Crippen LogP contribution in [0.5, 0.6) is 0 Å². The van der Waals surface area contributed by atoms with Gasteiger partial charge in [0.2, 0.25) is 0 Å². The van der Waals surface area contributed by atoms with E-state index in [9.17, 15) is 10.1 Å². The van der Waals surface area contributed by atoms with Crippen LogP contribution in [0.15, 0.2) is 28.7 Å². The third kappa shape index (κ3) is 3.05. The molecule has 0 atom stereocenters. The van der Waals surface area contributed by atoms with Gasteiger partial charge in [0.15, 0.2) is 0 Å². The Morgan fingerprint density at radius 1 is 1.45 bits per heavy atom. The minimum atomic E-state index is -0.434. The number of rotatable bonds is 5. The molecule has 0 amide bonds. The van der Waals surface area contributed by atoms with Gasteiger partial charge in [0.05, 0.1) is 23.6 Å². The maximum atomic E-state index is 10.9. The molecule has 2 aromatic heterocycles. The third-order valence-corrected chi connectivity index (χ3v) is 2.84. The van der Waals surface area contributed by atoms with E-state index in [1.165, 1.54) is 12.1 Å². The molecule has 1 N–H and O–H groups in total. The minimum absolute atomic E-state index is 0.00169. The van der Waals surface area contributed by atoms with Gasteiger partial charge in [-0.1, -0.05) is 0 Å². The van der Waals surface area contributed by atoms with Gasteiger partial charge in [-0.3, -0.25) is 10.1 Å². The van der Waals surface area contributed by atoms with Crippen molar-refractivity contribution in [3.05, 3.63) is 45.9 Å². The highest BCUT2D eigenvalue weighted by Gasteiger charge is 2.14. The predicted molar refractivity (Wildman–Crippen MR) is 76.0 cm³/mol. The predicted octanol–water partition coefficient (Wildman–Crippen LogP) is 2.57. The van der Waals surface area contributed by atoms with E-state index in [0.29, 0.717) is 18.2 Å². The summed E-state index contributed by atoms with van der Waals surface area (Å²) in [5.41, 5.74) is 0.00169. The van der Waals surface area contributed by atoms with Crippen molar-refractivity contribution in [3.8, 4) is 0 Å². The Morgan fingerprint density at radius 2 is 2.20 bits per heavy atom. The van der Waals surface area contributed by atoms with E-state index >= 15 is 0 Å². The zero-order chi connectivity index (χ0) is 14.7. The Bertz CT molecular complexity index is 624. The Morgan fingerprint density at radius 3 is 2.75 bits per heavy atom. The zero-order valence-electron chi connectivity index (χ0n) is 11.6. The van der Waals surface area contributed by atoms with Gasteiger partial charge in [0, 0.05) is 14.1 Å². The van der Waals surface area contributed by atoms with Gasteiger partial charge in [0.1, 0.15) is 23.2 Å². The molecule has 0 aliphatic carbocycles. The van der Waals surface area contributed by atoms with Crippen LogP contribution in [0.2, 0.25) is 0 Å². The van der Waals surface area contributed by atoms with Gasteiger partial charge in [-0.25, -0.2) is 4.98 Å². The van der Waals surface area contributed by atoms with Crippen molar-refractivity contribution in [3.63, 3.8) is 0 Å². The van der Waals surface area contributed by atoms with Crippen molar-refractivity contribution in [2.45, 2.75) is 13.5 Å². The summed E-state index contributed by atoms with van der Waals surface area (Å²) in [4.78, 5) is 16.6. The lowest BCUT2D eigenvalue weighted by molar-refractivity contribution is -0.384. The molecule has 2 heterocycles. The van der Waals surface area contributed by atoms with E-state index in [4.69, 9.17) is 4.42 Å². The maximum absolute atomic E-state index is 10.9. The number of nitrogens with zero attached hydrogens (tertiary/aromatic N) is 3. The average Bonchev–Trinajstić information content (AvgIpc) is 2.83. The van der Waals surface area contributed by atoms with Crippen molar-refractivity contribution in [2.75, 3.05) is 24.3 Å². The summed E-state index contributed by atoms with van der Waals surface area (Å²) in [6, 6.07) is 6.59. The lowest BCUT2D eigenvalue weighted by Gasteiger charge is -2.17. The van der Waals surface area contributed by atoms with Crippen LogP contribution >= 0.6 is 0 Å². The number of anilines is 2. The topological polar surface area (TPSA) is 84.4 Å². The molecule has 106 valence electrons. The van der Waals surface area contributed by atoms with Crippen LogP contribution < -0.4 is 10.2 Å². The van der Waals surface area contributed by atoms with E-state index in [1.807, 2.05) is 26.1 Å². The normalized spacial score (nSPS) is 10.3. The van der Waals surface area contributed by atoms with Crippen molar-refractivity contribution in [1.82, 2.24) is 4.98 Å². The molecule has 0 radical (unpaired) electrons. The molecular weight excluding hydrogens is 260 g/mol. The number of hydrogen-bond donors (Lipinski definition) is 1. The first-order valence-corrected chi connectivity index (χ1v) is 6.10. The number of nitrogens with one attached hydrogen (secondary N) is 1. The molecule has 20 heavy (non-hydrogen) atoms. The van der Waals surface area contributed by atoms with E-state index in [1.54, 1.807) is 11.9 Å². The van der Waals surface area contributed by atoms with E-state index in [0.717, 1.165) is 11.5 Å². The monoisotopic (exact) mass is 276 g/mol. The second-order valence-corrected chi connectivity index (χ2v) is 4.44. The maximum Gasteiger partial charge on any atom is 0.276 e. The number of hydrogen-bond acceptors (Lipinski definition) is 6. The molecule has 0 aromatic carbocycles. The van der Waals surface area contributed by atoms with Gasteiger partial charge in [-0.2, -0.15) is 0 Å². The fourth-order valence-corrected chi connectivity index (χ4v) is 1.82. The van der Waals surface area contributed by atoms with Crippen LogP contribution in [-0.2, 0) is 6.54 Å². The first-order valence-electron chi connectivity index (χ1n) is 6.10. The van der Waals surface area contributed by atoms with Crippen molar-refractivity contribution < 1.29 is 9.34 Å². The minimum Gasteiger partial charge on any atom is -0.464 e. The van der Waals surface area contributed by atoms with E-state index in [-0.39, 0.29) is 5.69 Å². The average molecular weight is 276 g/mol. The highest BCUT2D eigenvalue weighted by atomic mass is 16.6. The Balaban J connectivity index is 2.26. The van der Waals surface area contributed by atoms with Crippen LogP contribution in [-0.4, -0.2) is 24.0 Å². The number of nitro groups is 1. The van der Waals surface area contributed by atoms with Gasteiger partial charge in [-0.05, 0) is 19.1 Å². The van der Waals surface area contributed by atoms with Gasteiger partial charge in [-0.15, -0.1) is 0 Å². The molecule has 0 saturated carbocycles. The summed E-state index contributed by atoms with van der Waals surface area (Å²) < 4.78 is 5.49. The largest absolute Gasteiger partial charge is 0.464 e. The van der Waals surface area contributed by atoms with Crippen molar-refractivity contribution in [1.29, 1.82) is 0 Å². The summed E-state index contributed by atoms with van der Waals surface area (Å²) in [6.07, 6.45) is 0. The van der Waals surface area contributed by atoms with E-state index in [2.05, 4.69) is 10.3 Å². The Hall–Kier alpha value is -2.57. The molecule has 0 aliphatic rings. The van der Waals surface area contributed by atoms with Gasteiger partial charge < -0.3 is 14.6 Å². The van der Waals surface area contributed by atoms with Crippen LogP contribution in [0.1, 0.15) is 11.5 Å². The molecule has 0 unspecified atom stereocenters. The first-order chi connectivity index (χ1) is 9.49.